The van der Waals surface area contributed by atoms with Gasteiger partial charge in [-0.3, -0.25) is 4.79 Å². The van der Waals surface area contributed by atoms with Crippen molar-refractivity contribution < 1.29 is 9.18 Å². The van der Waals surface area contributed by atoms with Gasteiger partial charge in [0.05, 0.1) is 11.1 Å². The highest BCUT2D eigenvalue weighted by atomic mass is 79.9. The van der Waals surface area contributed by atoms with Crippen LogP contribution in [0.3, 0.4) is 0 Å². The van der Waals surface area contributed by atoms with Gasteiger partial charge in [0.2, 0.25) is 6.41 Å². The predicted octanol–water partition coefficient (Wildman–Crippen LogP) is 3.68. The van der Waals surface area contributed by atoms with Gasteiger partial charge in [0.1, 0.15) is 18.0 Å². The van der Waals surface area contributed by atoms with Crippen molar-refractivity contribution in [3.8, 4) is 5.69 Å². The molecule has 182 valence electrons. The zero-order chi connectivity index (χ0) is 24.8. The number of piperazine rings is 1. The number of anilines is 1. The number of hydrogen-bond acceptors (Lipinski definition) is 6. The van der Waals surface area contributed by atoms with Gasteiger partial charge in [0, 0.05) is 43.4 Å². The molecule has 0 unspecified atom stereocenters. The molecule has 2 N–H and O–H groups in total. The Hall–Kier alpha value is -3.37. The van der Waals surface area contributed by atoms with Crippen LogP contribution >= 0.6 is 15.9 Å². The van der Waals surface area contributed by atoms with Crippen LogP contribution in [0.5, 0.6) is 0 Å². The Morgan fingerprint density at radius 3 is 2.63 bits per heavy atom. The number of amides is 1. The summed E-state index contributed by atoms with van der Waals surface area (Å²) in [4.78, 5) is 20.9. The molecule has 0 radical (unpaired) electrons. The molecule has 2 aromatic heterocycles. The Labute approximate surface area is 211 Å². The number of nitrogens with one attached hydrogen (secondary N) is 2. The van der Waals surface area contributed by atoms with Crippen molar-refractivity contribution in [2.24, 2.45) is 0 Å². The summed E-state index contributed by atoms with van der Waals surface area (Å²) < 4.78 is 16.6. The third kappa shape index (κ3) is 6.01. The molecule has 2 aromatic carbocycles. The van der Waals surface area contributed by atoms with E-state index in [2.05, 4.69) is 46.5 Å². The first kappa shape index (κ1) is 24.7. The fourth-order valence-electron chi connectivity index (χ4n) is 3.79. The minimum atomic E-state index is -0.240. The minimum Gasteiger partial charge on any atom is -0.355 e. The molecule has 0 bridgehead atoms. The van der Waals surface area contributed by atoms with E-state index in [1.54, 1.807) is 17.7 Å². The minimum absolute atomic E-state index is 0.240. The monoisotopic (exact) mass is 539 g/mol. The standard InChI is InChI=1S/C16H17FN6.C9H10BrNO/c1-11-2-3-12(8-14(11)17)23-9-13-15(21-23)19-10-20-16(13)22-6-4-18-5-7-22;1-7-4-8(5-11-6-12)2-3-9(7)10/h2-3,8-10,18H,4-7H2,1H3;2-4,6H,5H2,1H3,(H,11,12). The van der Waals surface area contributed by atoms with E-state index >= 15 is 0 Å². The third-order valence-electron chi connectivity index (χ3n) is 5.74. The zero-order valence-electron chi connectivity index (χ0n) is 19.6. The molecule has 0 atom stereocenters. The maximum Gasteiger partial charge on any atom is 0.207 e. The van der Waals surface area contributed by atoms with Gasteiger partial charge in [-0.2, -0.15) is 0 Å². The first-order valence-electron chi connectivity index (χ1n) is 11.3. The highest BCUT2D eigenvalue weighted by Gasteiger charge is 2.17. The predicted molar refractivity (Wildman–Crippen MR) is 138 cm³/mol. The maximum atomic E-state index is 13.8. The van der Waals surface area contributed by atoms with E-state index in [1.165, 1.54) is 18.0 Å². The lowest BCUT2D eigenvalue weighted by atomic mass is 10.1. The summed E-state index contributed by atoms with van der Waals surface area (Å²) in [5.74, 6) is 0.644. The number of halogens is 2. The van der Waals surface area contributed by atoms with Crippen LogP contribution in [0.25, 0.3) is 16.7 Å². The number of aryl methyl sites for hydroxylation is 2. The first-order chi connectivity index (χ1) is 17.0. The van der Waals surface area contributed by atoms with Gasteiger partial charge in [0.25, 0.3) is 0 Å². The molecule has 8 nitrogen and oxygen atoms in total. The van der Waals surface area contributed by atoms with Crippen molar-refractivity contribution in [1.82, 2.24) is 30.4 Å². The second-order valence-electron chi connectivity index (χ2n) is 8.26. The topological polar surface area (TPSA) is 88.0 Å². The van der Waals surface area contributed by atoms with Crippen molar-refractivity contribution in [2.75, 3.05) is 31.1 Å². The van der Waals surface area contributed by atoms with Crippen LogP contribution in [0.2, 0.25) is 0 Å². The summed E-state index contributed by atoms with van der Waals surface area (Å²) in [5.41, 5.74) is 4.21. The number of carbonyl (C=O) groups is 1. The van der Waals surface area contributed by atoms with Crippen molar-refractivity contribution in [3.05, 3.63) is 75.9 Å². The summed E-state index contributed by atoms with van der Waals surface area (Å²) in [6, 6.07) is 11.1. The Bertz CT molecular complexity index is 1320. The molecule has 0 saturated carbocycles. The number of aromatic nitrogens is 4. The van der Waals surface area contributed by atoms with E-state index in [-0.39, 0.29) is 5.82 Å². The molecule has 1 aliphatic rings. The molecule has 1 aliphatic heterocycles. The second kappa shape index (κ2) is 11.4. The average Bonchev–Trinajstić information content (AvgIpc) is 3.32. The van der Waals surface area contributed by atoms with Crippen LogP contribution < -0.4 is 15.5 Å². The van der Waals surface area contributed by atoms with Crippen LogP contribution in [0.4, 0.5) is 10.2 Å². The Balaban J connectivity index is 0.000000204. The summed E-state index contributed by atoms with van der Waals surface area (Å²) >= 11 is 3.41. The highest BCUT2D eigenvalue weighted by molar-refractivity contribution is 9.10. The van der Waals surface area contributed by atoms with Crippen molar-refractivity contribution in [1.29, 1.82) is 0 Å². The Kier molecular flexibility index (Phi) is 8.04. The van der Waals surface area contributed by atoms with Crippen LogP contribution in [0.15, 0.2) is 53.4 Å². The number of rotatable bonds is 5. The lowest BCUT2D eigenvalue weighted by Crippen LogP contribution is -2.43. The molecule has 3 heterocycles. The van der Waals surface area contributed by atoms with Gasteiger partial charge in [-0.25, -0.2) is 19.0 Å². The number of nitrogens with zero attached hydrogens (tertiary/aromatic N) is 5. The molecule has 35 heavy (non-hydrogen) atoms. The van der Waals surface area contributed by atoms with Crippen molar-refractivity contribution in [2.45, 2.75) is 20.4 Å². The Morgan fingerprint density at radius 2 is 1.91 bits per heavy atom. The van der Waals surface area contributed by atoms with E-state index in [0.717, 1.165) is 47.4 Å². The molecule has 4 aromatic rings. The van der Waals surface area contributed by atoms with E-state index in [4.69, 9.17) is 0 Å². The van der Waals surface area contributed by atoms with Gasteiger partial charge >= 0.3 is 0 Å². The molecule has 5 rings (SSSR count). The maximum absolute atomic E-state index is 13.8. The third-order valence-corrected chi connectivity index (χ3v) is 6.63. The summed E-state index contributed by atoms with van der Waals surface area (Å²) in [6.07, 6.45) is 4.11. The van der Waals surface area contributed by atoms with Gasteiger partial charge in [-0.15, -0.1) is 5.10 Å². The molecule has 1 fully saturated rings. The van der Waals surface area contributed by atoms with Crippen molar-refractivity contribution in [3.63, 3.8) is 0 Å². The zero-order valence-corrected chi connectivity index (χ0v) is 21.2. The first-order valence-corrected chi connectivity index (χ1v) is 12.1. The van der Waals surface area contributed by atoms with Crippen LogP contribution in [-0.4, -0.2) is 52.3 Å². The smallest absolute Gasteiger partial charge is 0.207 e. The summed E-state index contributed by atoms with van der Waals surface area (Å²) in [6.45, 7) is 8.03. The Morgan fingerprint density at radius 1 is 1.11 bits per heavy atom. The number of fused-ring (bicyclic) bond motifs is 1. The average molecular weight is 540 g/mol. The molecule has 1 amide bonds. The van der Waals surface area contributed by atoms with E-state index in [0.29, 0.717) is 29.9 Å². The molecular weight excluding hydrogens is 513 g/mol. The van der Waals surface area contributed by atoms with Gasteiger partial charge in [0.15, 0.2) is 5.65 Å². The molecule has 1 saturated heterocycles. The molecule has 10 heteroatoms. The van der Waals surface area contributed by atoms with Gasteiger partial charge in [-0.05, 0) is 48.7 Å². The fourth-order valence-corrected chi connectivity index (χ4v) is 4.03. The normalized spacial score (nSPS) is 13.3. The van der Waals surface area contributed by atoms with E-state index < -0.39 is 0 Å². The molecule has 0 spiro atoms. The van der Waals surface area contributed by atoms with E-state index in [9.17, 15) is 9.18 Å². The number of carbonyl (C=O) groups excluding carboxylic acids is 1. The second-order valence-corrected chi connectivity index (χ2v) is 9.12. The van der Waals surface area contributed by atoms with Crippen LogP contribution in [-0.2, 0) is 11.3 Å². The number of benzene rings is 2. The van der Waals surface area contributed by atoms with Gasteiger partial charge in [-0.1, -0.05) is 34.1 Å². The summed E-state index contributed by atoms with van der Waals surface area (Å²) in [5, 5.41) is 11.3. The molecule has 0 aliphatic carbocycles. The number of hydrogen-bond donors (Lipinski definition) is 2. The van der Waals surface area contributed by atoms with Crippen molar-refractivity contribution >= 4 is 39.2 Å². The lowest BCUT2D eigenvalue weighted by Gasteiger charge is -2.28. The highest BCUT2D eigenvalue weighted by Crippen LogP contribution is 2.24. The van der Waals surface area contributed by atoms with Crippen LogP contribution in [0, 0.1) is 19.7 Å². The van der Waals surface area contributed by atoms with Crippen LogP contribution in [0.1, 0.15) is 16.7 Å². The largest absolute Gasteiger partial charge is 0.355 e. The SMILES string of the molecule is Cc1cc(CNC=O)ccc1Br.Cc1ccc(-n2cc3c(N4CCNCC4)ncnc3n2)cc1F. The van der Waals surface area contributed by atoms with Gasteiger partial charge < -0.3 is 15.5 Å². The summed E-state index contributed by atoms with van der Waals surface area (Å²) in [7, 11) is 0. The fraction of sp³-hybridized carbons (Fsp3) is 0.280. The quantitative estimate of drug-likeness (QED) is 0.376. The molecular formula is C25H27BrFN7O. The van der Waals surface area contributed by atoms with E-state index in [1.807, 2.05) is 37.4 Å². The lowest BCUT2D eigenvalue weighted by molar-refractivity contribution is -0.109.